The second-order valence-electron chi connectivity index (χ2n) is 7.21. The number of methoxy groups -OCH3 is 1. The van der Waals surface area contributed by atoms with Gasteiger partial charge in [-0.2, -0.15) is 0 Å². The molecule has 0 radical (unpaired) electrons. The van der Waals surface area contributed by atoms with Crippen molar-refractivity contribution in [2.45, 2.75) is 6.42 Å². The second-order valence-corrected chi connectivity index (χ2v) is 8.02. The fraction of sp³-hybridized carbons (Fsp3) is 0.120. The lowest BCUT2D eigenvalue weighted by molar-refractivity contribution is -0.130. The van der Waals surface area contributed by atoms with Crippen LogP contribution >= 0.6 is 23.2 Å². The molecule has 0 amide bonds. The van der Waals surface area contributed by atoms with Gasteiger partial charge in [-0.3, -0.25) is 4.79 Å². The van der Waals surface area contributed by atoms with Crippen molar-refractivity contribution in [3.05, 3.63) is 93.0 Å². The van der Waals surface area contributed by atoms with Crippen LogP contribution in [0, 0.1) is 0 Å². The Morgan fingerprint density at radius 3 is 2.27 bits per heavy atom. The summed E-state index contributed by atoms with van der Waals surface area (Å²) in [7, 11) is 1.52. The van der Waals surface area contributed by atoms with Gasteiger partial charge in [-0.15, -0.1) is 0 Å². The van der Waals surface area contributed by atoms with Gasteiger partial charge in [0.05, 0.1) is 22.7 Å². The minimum absolute atomic E-state index is 0.0256. The molecule has 4 rings (SSSR count). The number of carbonyl (C=O) groups is 2. The van der Waals surface area contributed by atoms with E-state index in [0.29, 0.717) is 44.0 Å². The first-order valence-electron chi connectivity index (χ1n) is 9.86. The first-order valence-corrected chi connectivity index (χ1v) is 10.6. The zero-order chi connectivity index (χ0) is 23.5. The molecule has 0 saturated heterocycles. The minimum Gasteiger partial charge on any atom is -0.497 e. The number of Topliss-reactive ketones (excluding diaryl/α,β-unsaturated/α-hetero) is 1. The van der Waals surface area contributed by atoms with Crippen LogP contribution in [0.25, 0.3) is 5.57 Å². The molecule has 1 aliphatic heterocycles. The first kappa shape index (κ1) is 22.7. The fourth-order valence-corrected chi connectivity index (χ4v) is 3.85. The molecule has 3 aromatic carbocycles. The van der Waals surface area contributed by atoms with Crippen molar-refractivity contribution < 1.29 is 28.9 Å². The molecule has 1 heterocycles. The highest BCUT2D eigenvalue weighted by Gasteiger charge is 2.26. The van der Waals surface area contributed by atoms with Crippen molar-refractivity contribution in [2.24, 2.45) is 0 Å². The van der Waals surface area contributed by atoms with Gasteiger partial charge < -0.3 is 19.3 Å². The number of hydrogen-bond donors (Lipinski definition) is 1. The number of ether oxygens (including phenoxy) is 3. The van der Waals surface area contributed by atoms with Crippen molar-refractivity contribution >= 4 is 40.5 Å². The minimum atomic E-state index is -1.24. The molecule has 1 N–H and O–H groups in total. The summed E-state index contributed by atoms with van der Waals surface area (Å²) in [5.41, 5.74) is 1.24. The van der Waals surface area contributed by atoms with Gasteiger partial charge in [0.15, 0.2) is 17.3 Å². The number of benzene rings is 3. The molecule has 6 nitrogen and oxygen atoms in total. The van der Waals surface area contributed by atoms with E-state index in [9.17, 15) is 14.7 Å². The summed E-state index contributed by atoms with van der Waals surface area (Å²) in [6.45, 7) is 0.0474. The van der Waals surface area contributed by atoms with E-state index in [2.05, 4.69) is 0 Å². The normalized spacial score (nSPS) is 12.8. The van der Waals surface area contributed by atoms with E-state index in [1.54, 1.807) is 60.7 Å². The standard InChI is InChI=1S/C25H18Cl2O6/c1-31-17-6-3-15(4-7-17)24(28)18(10-14-2-8-19(26)20(27)11-14)23(25(29)30)16-5-9-21-22(12-16)33-13-32-21/h2-9,11-12H,10,13H2,1H3,(H,29,30)/b23-18-. The van der Waals surface area contributed by atoms with Crippen LogP contribution in [-0.2, 0) is 11.2 Å². The monoisotopic (exact) mass is 484 g/mol. The van der Waals surface area contributed by atoms with Crippen LogP contribution in [0.15, 0.2) is 66.2 Å². The molecule has 0 saturated carbocycles. The molecule has 0 spiro atoms. The maximum Gasteiger partial charge on any atom is 0.336 e. The number of carboxylic acid groups (broad SMARTS) is 1. The lowest BCUT2D eigenvalue weighted by Gasteiger charge is -2.14. The van der Waals surface area contributed by atoms with Crippen LogP contribution in [0.5, 0.6) is 17.2 Å². The van der Waals surface area contributed by atoms with Gasteiger partial charge in [0.1, 0.15) is 5.75 Å². The van der Waals surface area contributed by atoms with Crippen molar-refractivity contribution in [1.82, 2.24) is 0 Å². The maximum absolute atomic E-state index is 13.6. The molecular formula is C25H18Cl2O6. The Labute approximate surface area is 199 Å². The Morgan fingerprint density at radius 1 is 0.909 bits per heavy atom. The van der Waals surface area contributed by atoms with Crippen LogP contribution in [-0.4, -0.2) is 30.8 Å². The molecular weight excluding hydrogens is 467 g/mol. The predicted octanol–water partition coefficient (Wildman–Crippen LogP) is 5.69. The molecule has 8 heteroatoms. The van der Waals surface area contributed by atoms with Gasteiger partial charge in [0.2, 0.25) is 6.79 Å². The largest absolute Gasteiger partial charge is 0.497 e. The Bertz CT molecular complexity index is 1260. The lowest BCUT2D eigenvalue weighted by atomic mass is 9.89. The molecule has 0 aliphatic carbocycles. The Balaban J connectivity index is 1.87. The number of hydrogen-bond acceptors (Lipinski definition) is 5. The summed E-state index contributed by atoms with van der Waals surface area (Å²) >= 11 is 12.2. The zero-order valence-corrected chi connectivity index (χ0v) is 18.9. The van der Waals surface area contributed by atoms with Gasteiger partial charge >= 0.3 is 5.97 Å². The summed E-state index contributed by atoms with van der Waals surface area (Å²) in [6.07, 6.45) is 0.0256. The van der Waals surface area contributed by atoms with Crippen molar-refractivity contribution in [1.29, 1.82) is 0 Å². The SMILES string of the molecule is COc1ccc(C(=O)/C(Cc2ccc(Cl)c(Cl)c2)=C(\C(=O)O)c2ccc3c(c2)OCO3)cc1. The molecule has 168 valence electrons. The van der Waals surface area contributed by atoms with Crippen LogP contribution in [0.4, 0.5) is 0 Å². The molecule has 3 aromatic rings. The van der Waals surface area contributed by atoms with E-state index < -0.39 is 11.8 Å². The van der Waals surface area contributed by atoms with Gasteiger partial charge in [-0.25, -0.2) is 4.79 Å². The van der Waals surface area contributed by atoms with Crippen molar-refractivity contribution in [3.8, 4) is 17.2 Å². The number of rotatable bonds is 7. The molecule has 1 aliphatic rings. The third kappa shape index (κ3) is 4.82. The number of fused-ring (bicyclic) bond motifs is 1. The second kappa shape index (κ2) is 9.57. The van der Waals surface area contributed by atoms with Crippen LogP contribution in [0.2, 0.25) is 10.0 Å². The smallest absolute Gasteiger partial charge is 0.336 e. The molecule has 33 heavy (non-hydrogen) atoms. The number of allylic oxidation sites excluding steroid dienone is 1. The van der Waals surface area contributed by atoms with Crippen LogP contribution in [0.3, 0.4) is 0 Å². The quantitative estimate of drug-likeness (QED) is 0.342. The maximum atomic E-state index is 13.6. The van der Waals surface area contributed by atoms with Gasteiger partial charge in [0.25, 0.3) is 0 Å². The summed E-state index contributed by atoms with van der Waals surface area (Å²) in [5.74, 6) is -0.173. The molecule has 0 aromatic heterocycles. The van der Waals surface area contributed by atoms with E-state index in [-0.39, 0.29) is 24.4 Å². The summed E-state index contributed by atoms with van der Waals surface area (Å²) in [5, 5.41) is 10.8. The first-order chi connectivity index (χ1) is 15.9. The number of aliphatic carboxylic acids is 1. The average molecular weight is 485 g/mol. The van der Waals surface area contributed by atoms with Crippen molar-refractivity contribution in [3.63, 3.8) is 0 Å². The lowest BCUT2D eigenvalue weighted by Crippen LogP contribution is -2.14. The summed E-state index contributed by atoms with van der Waals surface area (Å²) < 4.78 is 15.9. The van der Waals surface area contributed by atoms with Crippen LogP contribution < -0.4 is 14.2 Å². The van der Waals surface area contributed by atoms with E-state index >= 15 is 0 Å². The molecule has 0 atom stereocenters. The zero-order valence-electron chi connectivity index (χ0n) is 17.4. The van der Waals surface area contributed by atoms with E-state index in [1.165, 1.54) is 7.11 Å². The van der Waals surface area contributed by atoms with Gasteiger partial charge in [-0.05, 0) is 59.7 Å². The highest BCUT2D eigenvalue weighted by atomic mass is 35.5. The van der Waals surface area contributed by atoms with Crippen molar-refractivity contribution in [2.75, 3.05) is 13.9 Å². The summed E-state index contributed by atoms with van der Waals surface area (Å²) in [6, 6.07) is 16.2. The average Bonchev–Trinajstić information content (AvgIpc) is 3.28. The van der Waals surface area contributed by atoms with Gasteiger partial charge in [0, 0.05) is 17.6 Å². The number of halogens is 2. The topological polar surface area (TPSA) is 82.1 Å². The fourth-order valence-electron chi connectivity index (χ4n) is 3.53. The Kier molecular flexibility index (Phi) is 6.58. The van der Waals surface area contributed by atoms with E-state index in [1.807, 2.05) is 0 Å². The molecule has 0 bridgehead atoms. The third-order valence-corrected chi connectivity index (χ3v) is 5.91. The number of ketones is 1. The molecule has 0 fully saturated rings. The number of carboxylic acids is 1. The Morgan fingerprint density at radius 2 is 1.61 bits per heavy atom. The van der Waals surface area contributed by atoms with E-state index in [4.69, 9.17) is 37.4 Å². The number of carbonyl (C=O) groups excluding carboxylic acids is 1. The highest BCUT2D eigenvalue weighted by molar-refractivity contribution is 6.42. The summed E-state index contributed by atoms with van der Waals surface area (Å²) in [4.78, 5) is 26.0. The third-order valence-electron chi connectivity index (χ3n) is 5.17. The molecule has 0 unspecified atom stereocenters. The van der Waals surface area contributed by atoms with Crippen LogP contribution in [0.1, 0.15) is 21.5 Å². The van der Waals surface area contributed by atoms with E-state index in [0.717, 1.165) is 0 Å². The predicted molar refractivity (Wildman–Crippen MR) is 125 cm³/mol. The Hall–Kier alpha value is -3.48. The van der Waals surface area contributed by atoms with Gasteiger partial charge in [-0.1, -0.05) is 35.3 Å². The highest BCUT2D eigenvalue weighted by Crippen LogP contribution is 2.36.